The average molecular weight is 196 g/mol. The van der Waals surface area contributed by atoms with Crippen molar-refractivity contribution >= 4 is 24.2 Å². The van der Waals surface area contributed by atoms with Crippen molar-refractivity contribution in [3.63, 3.8) is 0 Å². The normalized spacial score (nSPS) is 9.64. The summed E-state index contributed by atoms with van der Waals surface area (Å²) in [5.41, 5.74) is 2.44. The molecule has 0 bridgehead atoms. The number of hydrogen-bond donors (Lipinski definition) is 5. The van der Waals surface area contributed by atoms with Crippen molar-refractivity contribution in [1.82, 2.24) is 0 Å². The van der Waals surface area contributed by atoms with Crippen LogP contribution in [-0.4, -0.2) is 28.2 Å². The van der Waals surface area contributed by atoms with E-state index in [1.54, 1.807) is 0 Å². The number of carbonyl (C=O) groups is 1. The maximum Gasteiger partial charge on any atom is 0.488 e. The summed E-state index contributed by atoms with van der Waals surface area (Å²) in [5, 5.41) is 26.3. The number of hydrogen-bond acceptors (Lipinski definition) is 5. The Bertz CT molecular complexity index is 356. The van der Waals surface area contributed by atoms with E-state index in [9.17, 15) is 4.79 Å². The molecule has 0 amide bonds. The van der Waals surface area contributed by atoms with Gasteiger partial charge in [-0.25, -0.2) is 4.79 Å². The standard InChI is InChI=1S/C7H9BN2O4/c9-10-6-3-4(8(13)14)1-2-5(6)7(11)12/h1-3,10,13-14H,9H2,(H,11,12). The van der Waals surface area contributed by atoms with E-state index in [0.29, 0.717) is 0 Å². The topological polar surface area (TPSA) is 116 Å². The van der Waals surface area contributed by atoms with E-state index in [-0.39, 0.29) is 16.7 Å². The molecule has 0 fully saturated rings. The van der Waals surface area contributed by atoms with Crippen LogP contribution >= 0.6 is 0 Å². The summed E-state index contributed by atoms with van der Waals surface area (Å²) in [6.07, 6.45) is 0. The monoisotopic (exact) mass is 196 g/mol. The van der Waals surface area contributed by atoms with Gasteiger partial charge in [-0.3, -0.25) is 5.84 Å². The number of carboxylic acid groups (broad SMARTS) is 1. The third-order valence-electron chi connectivity index (χ3n) is 1.73. The predicted octanol–water partition coefficient (Wildman–Crippen LogP) is -1.65. The van der Waals surface area contributed by atoms with Gasteiger partial charge in [-0.1, -0.05) is 6.07 Å². The van der Waals surface area contributed by atoms with Gasteiger partial charge in [-0.15, -0.1) is 0 Å². The van der Waals surface area contributed by atoms with Gasteiger partial charge >= 0.3 is 13.1 Å². The minimum Gasteiger partial charge on any atom is -0.478 e. The van der Waals surface area contributed by atoms with Gasteiger partial charge < -0.3 is 20.6 Å². The van der Waals surface area contributed by atoms with Gasteiger partial charge in [0.25, 0.3) is 0 Å². The highest BCUT2D eigenvalue weighted by atomic mass is 16.4. The van der Waals surface area contributed by atoms with Gasteiger partial charge in [0, 0.05) is 0 Å². The molecule has 0 saturated heterocycles. The number of hydrazine groups is 1. The Morgan fingerprint density at radius 2 is 2.07 bits per heavy atom. The third kappa shape index (κ3) is 2.02. The van der Waals surface area contributed by atoms with Crippen LogP contribution < -0.4 is 16.7 Å². The van der Waals surface area contributed by atoms with E-state index in [2.05, 4.69) is 5.43 Å². The zero-order chi connectivity index (χ0) is 10.7. The van der Waals surface area contributed by atoms with Crippen molar-refractivity contribution in [3.8, 4) is 0 Å². The number of rotatable bonds is 3. The Kier molecular flexibility index (Phi) is 3.08. The molecule has 6 N–H and O–H groups in total. The smallest absolute Gasteiger partial charge is 0.478 e. The zero-order valence-electron chi connectivity index (χ0n) is 7.14. The SMILES string of the molecule is NNc1cc(B(O)O)ccc1C(=O)O. The number of benzene rings is 1. The lowest BCUT2D eigenvalue weighted by atomic mass is 9.79. The number of anilines is 1. The number of aromatic carboxylic acids is 1. The van der Waals surface area contributed by atoms with Gasteiger partial charge in [-0.2, -0.15) is 0 Å². The lowest BCUT2D eigenvalue weighted by Crippen LogP contribution is -2.30. The molecule has 0 atom stereocenters. The van der Waals surface area contributed by atoms with Gasteiger partial charge in [0.1, 0.15) is 0 Å². The summed E-state index contributed by atoms with van der Waals surface area (Å²) >= 11 is 0. The highest BCUT2D eigenvalue weighted by molar-refractivity contribution is 6.58. The van der Waals surface area contributed by atoms with Crippen molar-refractivity contribution in [2.45, 2.75) is 0 Å². The fourth-order valence-electron chi connectivity index (χ4n) is 1.03. The first kappa shape index (κ1) is 10.5. The molecule has 0 aliphatic rings. The maximum absolute atomic E-state index is 10.6. The van der Waals surface area contributed by atoms with Gasteiger partial charge in [0.2, 0.25) is 0 Å². The quantitative estimate of drug-likeness (QED) is 0.224. The third-order valence-corrected chi connectivity index (χ3v) is 1.73. The van der Waals surface area contributed by atoms with Crippen LogP contribution in [0.2, 0.25) is 0 Å². The zero-order valence-corrected chi connectivity index (χ0v) is 7.14. The van der Waals surface area contributed by atoms with Crippen LogP contribution in [0.25, 0.3) is 0 Å². The molecule has 0 radical (unpaired) electrons. The molecule has 0 aliphatic carbocycles. The van der Waals surface area contributed by atoms with Crippen molar-refractivity contribution in [2.24, 2.45) is 5.84 Å². The van der Waals surface area contributed by atoms with Gasteiger partial charge in [-0.05, 0) is 17.6 Å². The fraction of sp³-hybridized carbons (Fsp3) is 0. The lowest BCUT2D eigenvalue weighted by Gasteiger charge is -2.07. The first-order valence-corrected chi connectivity index (χ1v) is 3.76. The summed E-state index contributed by atoms with van der Waals surface area (Å²) in [4.78, 5) is 10.6. The van der Waals surface area contributed by atoms with Crippen LogP contribution in [0.4, 0.5) is 5.69 Å². The van der Waals surface area contributed by atoms with E-state index >= 15 is 0 Å². The summed E-state index contributed by atoms with van der Waals surface area (Å²) in [6.45, 7) is 0. The second-order valence-electron chi connectivity index (χ2n) is 2.63. The lowest BCUT2D eigenvalue weighted by molar-refractivity contribution is 0.0698. The van der Waals surface area contributed by atoms with Crippen molar-refractivity contribution < 1.29 is 19.9 Å². The van der Waals surface area contributed by atoms with Crippen LogP contribution in [-0.2, 0) is 0 Å². The number of carboxylic acids is 1. The molecule has 1 aromatic carbocycles. The molecule has 0 spiro atoms. The molecular weight excluding hydrogens is 187 g/mol. The number of nitrogens with two attached hydrogens (primary N) is 1. The number of nitrogens with one attached hydrogen (secondary N) is 1. The van der Waals surface area contributed by atoms with Crippen molar-refractivity contribution in [2.75, 3.05) is 5.43 Å². The van der Waals surface area contributed by atoms with Gasteiger partial charge in [0.15, 0.2) is 0 Å². The predicted molar refractivity (Wildman–Crippen MR) is 51.0 cm³/mol. The molecule has 0 heterocycles. The number of nitrogen functional groups attached to an aromatic ring is 1. The Hall–Kier alpha value is -1.57. The van der Waals surface area contributed by atoms with Crippen LogP contribution in [0, 0.1) is 0 Å². The molecule has 0 unspecified atom stereocenters. The summed E-state index contributed by atoms with van der Waals surface area (Å²) < 4.78 is 0. The molecule has 0 saturated carbocycles. The molecule has 1 rings (SSSR count). The second kappa shape index (κ2) is 4.10. The Morgan fingerprint density at radius 3 is 2.50 bits per heavy atom. The van der Waals surface area contributed by atoms with Crippen LogP contribution in [0.5, 0.6) is 0 Å². The van der Waals surface area contributed by atoms with Crippen LogP contribution in [0.3, 0.4) is 0 Å². The molecule has 0 aromatic heterocycles. The molecular formula is C7H9BN2O4. The first-order chi connectivity index (χ1) is 6.56. The molecule has 6 nitrogen and oxygen atoms in total. The fourth-order valence-corrected chi connectivity index (χ4v) is 1.03. The van der Waals surface area contributed by atoms with Crippen LogP contribution in [0.15, 0.2) is 18.2 Å². The van der Waals surface area contributed by atoms with Crippen molar-refractivity contribution in [3.05, 3.63) is 23.8 Å². The minimum absolute atomic E-state index is 0.0306. The summed E-state index contributed by atoms with van der Waals surface area (Å²) in [6, 6.07) is 3.80. The highest BCUT2D eigenvalue weighted by Crippen LogP contribution is 2.11. The average Bonchev–Trinajstić information content (AvgIpc) is 2.16. The summed E-state index contributed by atoms with van der Waals surface area (Å²) in [7, 11) is -1.65. The van der Waals surface area contributed by atoms with Gasteiger partial charge in [0.05, 0.1) is 11.3 Å². The Morgan fingerprint density at radius 1 is 1.43 bits per heavy atom. The van der Waals surface area contributed by atoms with Crippen molar-refractivity contribution in [1.29, 1.82) is 0 Å². The van der Waals surface area contributed by atoms with Crippen LogP contribution in [0.1, 0.15) is 10.4 Å². The Balaban J connectivity index is 3.18. The molecule has 14 heavy (non-hydrogen) atoms. The van der Waals surface area contributed by atoms with E-state index < -0.39 is 13.1 Å². The first-order valence-electron chi connectivity index (χ1n) is 3.76. The molecule has 74 valence electrons. The molecule has 0 aliphatic heterocycles. The largest absolute Gasteiger partial charge is 0.488 e. The highest BCUT2D eigenvalue weighted by Gasteiger charge is 2.15. The van der Waals surface area contributed by atoms with E-state index in [4.69, 9.17) is 21.0 Å². The molecule has 7 heteroatoms. The molecule has 1 aromatic rings. The summed E-state index contributed by atoms with van der Waals surface area (Å²) in [5.74, 6) is 3.94. The van der Waals surface area contributed by atoms with E-state index in [1.807, 2.05) is 0 Å². The second-order valence-corrected chi connectivity index (χ2v) is 2.63. The maximum atomic E-state index is 10.6. The Labute approximate surface area is 80.1 Å². The van der Waals surface area contributed by atoms with E-state index in [1.165, 1.54) is 18.2 Å². The minimum atomic E-state index is -1.65. The van der Waals surface area contributed by atoms with E-state index in [0.717, 1.165) is 0 Å².